The maximum Gasteiger partial charge on any atom is 0.218 e. The fourth-order valence-electron chi connectivity index (χ4n) is 5.04. The zero-order valence-electron chi connectivity index (χ0n) is 20.3. The summed E-state index contributed by atoms with van der Waals surface area (Å²) in [6.07, 6.45) is 6.48. The van der Waals surface area contributed by atoms with Crippen LogP contribution < -0.4 is 15.4 Å². The van der Waals surface area contributed by atoms with Gasteiger partial charge < -0.3 is 20.5 Å². The Morgan fingerprint density at radius 1 is 1.24 bits per heavy atom. The van der Waals surface area contributed by atoms with Crippen molar-refractivity contribution in [3.8, 4) is 5.88 Å². The third-order valence-electron chi connectivity index (χ3n) is 6.90. The molecule has 0 radical (unpaired) electrons. The van der Waals surface area contributed by atoms with E-state index in [1.54, 1.807) is 12.1 Å². The molecular formula is C27H36FN3O3. The normalized spacial score (nSPS) is 20.2. The summed E-state index contributed by atoms with van der Waals surface area (Å²) < 4.78 is 19.6. The lowest BCUT2D eigenvalue weighted by atomic mass is 9.73. The first-order valence-corrected chi connectivity index (χ1v) is 12.3. The molecule has 34 heavy (non-hydrogen) atoms. The molecule has 1 spiro atoms. The fourth-order valence-corrected chi connectivity index (χ4v) is 5.04. The predicted molar refractivity (Wildman–Crippen MR) is 129 cm³/mol. The molecule has 2 aromatic rings. The lowest BCUT2D eigenvalue weighted by Gasteiger charge is -2.47. The number of amides is 1. The SMILES string of the molecule is CC(=O)N[C@@H](Cc1ccc(F)cc1)[C@@H](O)CN[C@H]1CC2(CCC2)Oc2ncc(CC(C)C)cc21. The number of hydrogen-bond donors (Lipinski definition) is 3. The van der Waals surface area contributed by atoms with Gasteiger partial charge in [0.1, 0.15) is 11.4 Å². The molecule has 1 aliphatic carbocycles. The second kappa shape index (κ2) is 10.4. The van der Waals surface area contributed by atoms with Crippen LogP contribution >= 0.6 is 0 Å². The Kier molecular flexibility index (Phi) is 7.53. The maximum absolute atomic E-state index is 13.3. The Bertz CT molecular complexity index is 991. The van der Waals surface area contributed by atoms with Gasteiger partial charge in [0.25, 0.3) is 0 Å². The van der Waals surface area contributed by atoms with Crippen molar-refractivity contribution in [3.63, 3.8) is 0 Å². The van der Waals surface area contributed by atoms with Crippen LogP contribution in [0.5, 0.6) is 5.88 Å². The number of hydrogen-bond acceptors (Lipinski definition) is 5. The van der Waals surface area contributed by atoms with Crippen LogP contribution in [0.3, 0.4) is 0 Å². The summed E-state index contributed by atoms with van der Waals surface area (Å²) in [7, 11) is 0. The molecule has 1 aromatic carbocycles. The van der Waals surface area contributed by atoms with Gasteiger partial charge in [-0.3, -0.25) is 4.79 Å². The van der Waals surface area contributed by atoms with Gasteiger partial charge in [-0.1, -0.05) is 26.0 Å². The molecule has 0 bridgehead atoms. The van der Waals surface area contributed by atoms with Gasteiger partial charge in [0.15, 0.2) is 0 Å². The Morgan fingerprint density at radius 3 is 2.59 bits per heavy atom. The first-order valence-electron chi connectivity index (χ1n) is 12.3. The lowest BCUT2D eigenvalue weighted by molar-refractivity contribution is -0.120. The number of nitrogens with zero attached hydrogens (tertiary/aromatic N) is 1. The number of aliphatic hydroxyl groups excluding tert-OH is 1. The highest BCUT2D eigenvalue weighted by Gasteiger charge is 2.46. The van der Waals surface area contributed by atoms with Crippen molar-refractivity contribution in [2.24, 2.45) is 5.92 Å². The number of ether oxygens (including phenoxy) is 1. The van der Waals surface area contributed by atoms with E-state index in [1.165, 1.54) is 24.6 Å². The number of carbonyl (C=O) groups excluding carboxylic acids is 1. The number of rotatable bonds is 9. The number of aromatic nitrogens is 1. The Hall–Kier alpha value is -2.51. The molecule has 1 fully saturated rings. The quantitative estimate of drug-likeness (QED) is 0.519. The Balaban J connectivity index is 1.48. The van der Waals surface area contributed by atoms with Crippen molar-refractivity contribution in [3.05, 3.63) is 59.0 Å². The summed E-state index contributed by atoms with van der Waals surface area (Å²) in [5, 5.41) is 17.4. The molecule has 0 unspecified atom stereocenters. The predicted octanol–water partition coefficient (Wildman–Crippen LogP) is 3.86. The first-order chi connectivity index (χ1) is 16.2. The third kappa shape index (κ3) is 5.94. The average molecular weight is 470 g/mol. The van der Waals surface area contributed by atoms with Gasteiger partial charge >= 0.3 is 0 Å². The number of aliphatic hydroxyl groups is 1. The van der Waals surface area contributed by atoms with Crippen molar-refractivity contribution in [2.45, 2.75) is 83.1 Å². The second-order valence-electron chi connectivity index (χ2n) is 10.3. The van der Waals surface area contributed by atoms with Gasteiger partial charge in [-0.05, 0) is 67.3 Å². The summed E-state index contributed by atoms with van der Waals surface area (Å²) in [6, 6.07) is 7.86. The summed E-state index contributed by atoms with van der Waals surface area (Å²) in [6.45, 7) is 6.12. The van der Waals surface area contributed by atoms with E-state index in [4.69, 9.17) is 4.74 Å². The smallest absolute Gasteiger partial charge is 0.218 e. The van der Waals surface area contributed by atoms with Gasteiger partial charge in [0.2, 0.25) is 11.8 Å². The van der Waals surface area contributed by atoms with Crippen LogP contribution in [0.15, 0.2) is 36.5 Å². The molecule has 184 valence electrons. The van der Waals surface area contributed by atoms with Crippen molar-refractivity contribution >= 4 is 5.91 Å². The highest BCUT2D eigenvalue weighted by Crippen LogP contribution is 2.48. The van der Waals surface area contributed by atoms with Crippen molar-refractivity contribution in [1.82, 2.24) is 15.6 Å². The monoisotopic (exact) mass is 469 g/mol. The Morgan fingerprint density at radius 2 is 1.97 bits per heavy atom. The fraction of sp³-hybridized carbons (Fsp3) is 0.556. The number of pyridine rings is 1. The number of halogens is 1. The minimum Gasteiger partial charge on any atom is -0.471 e. The van der Waals surface area contributed by atoms with Gasteiger partial charge in [-0.2, -0.15) is 0 Å². The number of benzene rings is 1. The molecule has 7 heteroatoms. The minimum atomic E-state index is -0.815. The molecule has 1 aromatic heterocycles. The van der Waals surface area contributed by atoms with E-state index in [0.29, 0.717) is 24.8 Å². The van der Waals surface area contributed by atoms with Crippen molar-refractivity contribution in [1.29, 1.82) is 0 Å². The molecule has 3 atom stereocenters. The van der Waals surface area contributed by atoms with Crippen LogP contribution in [0.4, 0.5) is 4.39 Å². The van der Waals surface area contributed by atoms with E-state index < -0.39 is 12.1 Å². The van der Waals surface area contributed by atoms with Crippen LogP contribution in [0, 0.1) is 11.7 Å². The van der Waals surface area contributed by atoms with Crippen LogP contribution in [0.1, 0.15) is 69.2 Å². The van der Waals surface area contributed by atoms with Gasteiger partial charge in [0, 0.05) is 37.7 Å². The summed E-state index contributed by atoms with van der Waals surface area (Å²) in [5.41, 5.74) is 2.90. The van der Waals surface area contributed by atoms with E-state index in [9.17, 15) is 14.3 Å². The van der Waals surface area contributed by atoms with E-state index in [-0.39, 0.29) is 23.4 Å². The topological polar surface area (TPSA) is 83.5 Å². The van der Waals surface area contributed by atoms with E-state index in [1.807, 2.05) is 6.20 Å². The van der Waals surface area contributed by atoms with Gasteiger partial charge in [-0.25, -0.2) is 9.37 Å². The zero-order valence-corrected chi connectivity index (χ0v) is 20.3. The number of carbonyl (C=O) groups is 1. The van der Waals surface area contributed by atoms with Gasteiger partial charge in [0.05, 0.1) is 12.1 Å². The van der Waals surface area contributed by atoms with E-state index >= 15 is 0 Å². The van der Waals surface area contributed by atoms with E-state index in [2.05, 4.69) is 35.5 Å². The molecule has 1 amide bonds. The van der Waals surface area contributed by atoms with Crippen molar-refractivity contribution < 1.29 is 19.0 Å². The maximum atomic E-state index is 13.3. The lowest BCUT2D eigenvalue weighted by Crippen LogP contribution is -2.52. The molecule has 3 N–H and O–H groups in total. The molecule has 1 saturated carbocycles. The van der Waals surface area contributed by atoms with Gasteiger partial charge in [-0.15, -0.1) is 0 Å². The first kappa shape index (κ1) is 24.6. The summed E-state index contributed by atoms with van der Waals surface area (Å²) in [5.74, 6) is 0.699. The molecule has 0 saturated heterocycles. The third-order valence-corrected chi connectivity index (χ3v) is 6.90. The molecule has 6 nitrogen and oxygen atoms in total. The molecule has 2 aliphatic rings. The van der Waals surface area contributed by atoms with Crippen LogP contribution in [0.2, 0.25) is 0 Å². The largest absolute Gasteiger partial charge is 0.471 e. The molecular weight excluding hydrogens is 433 g/mol. The minimum absolute atomic E-state index is 0.0158. The number of fused-ring (bicyclic) bond motifs is 1. The highest BCUT2D eigenvalue weighted by molar-refractivity contribution is 5.73. The summed E-state index contributed by atoms with van der Waals surface area (Å²) >= 11 is 0. The molecule has 1 aliphatic heterocycles. The van der Waals surface area contributed by atoms with Crippen LogP contribution in [0.25, 0.3) is 0 Å². The van der Waals surface area contributed by atoms with Crippen LogP contribution in [-0.4, -0.2) is 40.3 Å². The average Bonchev–Trinajstić information content (AvgIpc) is 2.76. The van der Waals surface area contributed by atoms with Crippen molar-refractivity contribution in [2.75, 3.05) is 6.54 Å². The number of nitrogens with one attached hydrogen (secondary N) is 2. The molecule has 4 rings (SSSR count). The van der Waals surface area contributed by atoms with Crippen LogP contribution in [-0.2, 0) is 17.6 Å². The summed E-state index contributed by atoms with van der Waals surface area (Å²) in [4.78, 5) is 16.5. The molecule has 2 heterocycles. The zero-order chi connectivity index (χ0) is 24.3. The second-order valence-corrected chi connectivity index (χ2v) is 10.3. The standard InChI is InChI=1S/C27H36FN3O3/c1-17(2)11-20-12-22-24(14-27(9-4-10-27)34-26(22)30-15-20)29-16-25(33)23(31-18(3)32)13-19-5-7-21(28)8-6-19/h5-8,12,15,17,23-25,29,33H,4,9-11,13-14,16H2,1-3H3,(H,31,32)/t23-,24-,25-/m0/s1. The van der Waals surface area contributed by atoms with E-state index in [0.717, 1.165) is 43.2 Å². The Labute approximate surface area is 201 Å². The highest BCUT2D eigenvalue weighted by atomic mass is 19.1.